The fraction of sp³-hybridized carbons (Fsp3) is 0.286. The molecule has 3 aromatic rings. The summed E-state index contributed by atoms with van der Waals surface area (Å²) in [6, 6.07) is 22.4. The molecule has 33 heavy (non-hydrogen) atoms. The first-order chi connectivity index (χ1) is 16.1. The molecule has 1 fully saturated rings. The van der Waals surface area contributed by atoms with Gasteiger partial charge in [-0.15, -0.1) is 0 Å². The monoisotopic (exact) mass is 441 g/mol. The average molecular weight is 442 g/mol. The summed E-state index contributed by atoms with van der Waals surface area (Å²) in [5.74, 6) is 0.738. The first kappa shape index (κ1) is 22.7. The summed E-state index contributed by atoms with van der Waals surface area (Å²) in [7, 11) is 0. The van der Waals surface area contributed by atoms with E-state index in [9.17, 15) is 4.79 Å². The second-order valence-corrected chi connectivity index (χ2v) is 8.56. The molecule has 2 aromatic carbocycles. The van der Waals surface area contributed by atoms with Gasteiger partial charge < -0.3 is 10.1 Å². The number of rotatable bonds is 8. The van der Waals surface area contributed by atoms with Crippen molar-refractivity contribution in [1.29, 1.82) is 0 Å². The lowest BCUT2D eigenvalue weighted by molar-refractivity contribution is -0.117. The topological polar surface area (TPSA) is 54.5 Å². The number of carbonyl (C=O) groups is 1. The van der Waals surface area contributed by atoms with Gasteiger partial charge in [-0.1, -0.05) is 48.0 Å². The zero-order valence-electron chi connectivity index (χ0n) is 19.1. The second kappa shape index (κ2) is 11.4. The van der Waals surface area contributed by atoms with Crippen LogP contribution < -0.4 is 10.1 Å². The van der Waals surface area contributed by atoms with E-state index in [1.54, 1.807) is 12.3 Å². The zero-order chi connectivity index (χ0) is 22.9. The number of hydrogen-bond donors (Lipinski definition) is 1. The van der Waals surface area contributed by atoms with Gasteiger partial charge >= 0.3 is 0 Å². The van der Waals surface area contributed by atoms with Crippen LogP contribution in [0.15, 0.2) is 79.0 Å². The third-order valence-corrected chi connectivity index (χ3v) is 5.84. The number of hydrogen-bond acceptors (Lipinski definition) is 4. The average Bonchev–Trinajstić information content (AvgIpc) is 2.84. The molecule has 170 valence electrons. The van der Waals surface area contributed by atoms with Crippen LogP contribution in [0.4, 0.5) is 0 Å². The number of amides is 1. The molecule has 1 saturated heterocycles. The first-order valence-corrected chi connectivity index (χ1v) is 11.5. The third kappa shape index (κ3) is 7.29. The minimum atomic E-state index is -0.0392. The number of aromatic nitrogens is 1. The maximum atomic E-state index is 12.4. The van der Waals surface area contributed by atoms with Crippen LogP contribution in [0, 0.1) is 6.92 Å². The molecule has 1 aliphatic heterocycles. The molecule has 5 heteroatoms. The Balaban J connectivity index is 1.18. The molecule has 2 heterocycles. The van der Waals surface area contributed by atoms with Crippen LogP contribution in [0.3, 0.4) is 0 Å². The van der Waals surface area contributed by atoms with E-state index in [0.717, 1.165) is 49.5 Å². The fourth-order valence-corrected chi connectivity index (χ4v) is 4.04. The number of piperidine rings is 1. The normalized spacial score (nSPS) is 14.9. The number of likely N-dealkylation sites (tertiary alicyclic amines) is 1. The number of carbonyl (C=O) groups excluding carboxylic acids is 1. The van der Waals surface area contributed by atoms with Crippen LogP contribution in [0.25, 0.3) is 6.08 Å². The highest BCUT2D eigenvalue weighted by Gasteiger charge is 2.20. The predicted octanol–water partition coefficient (Wildman–Crippen LogP) is 4.76. The van der Waals surface area contributed by atoms with Crippen molar-refractivity contribution < 1.29 is 9.53 Å². The molecule has 4 rings (SSSR count). The van der Waals surface area contributed by atoms with Crippen LogP contribution in [-0.2, 0) is 17.9 Å². The molecule has 5 nitrogen and oxygen atoms in total. The lowest BCUT2D eigenvalue weighted by atomic mass is 10.0. The predicted molar refractivity (Wildman–Crippen MR) is 132 cm³/mol. The molecule has 1 N–H and O–H groups in total. The molecule has 0 radical (unpaired) electrons. The summed E-state index contributed by atoms with van der Waals surface area (Å²) < 4.78 is 5.76. The van der Waals surface area contributed by atoms with Crippen molar-refractivity contribution in [1.82, 2.24) is 15.2 Å². The van der Waals surface area contributed by atoms with Crippen molar-refractivity contribution in [3.05, 3.63) is 101 Å². The molecule has 0 spiro atoms. The Bertz CT molecular complexity index is 1060. The van der Waals surface area contributed by atoms with E-state index in [4.69, 9.17) is 4.74 Å². The molecule has 1 aliphatic rings. The Morgan fingerprint density at radius 1 is 1.09 bits per heavy atom. The van der Waals surface area contributed by atoms with E-state index in [-0.39, 0.29) is 11.9 Å². The minimum Gasteiger partial charge on any atom is -0.487 e. The maximum absolute atomic E-state index is 12.4. The Labute approximate surface area is 196 Å². The quantitative estimate of drug-likeness (QED) is 0.512. The lowest BCUT2D eigenvalue weighted by Crippen LogP contribution is -2.43. The number of nitrogens with zero attached hydrogens (tertiary/aromatic N) is 2. The molecule has 0 aliphatic carbocycles. The van der Waals surface area contributed by atoms with Crippen molar-refractivity contribution in [2.24, 2.45) is 0 Å². The van der Waals surface area contributed by atoms with Crippen LogP contribution in [0.1, 0.15) is 35.2 Å². The smallest absolute Gasteiger partial charge is 0.244 e. The molecule has 0 unspecified atom stereocenters. The van der Waals surface area contributed by atoms with E-state index in [1.807, 2.05) is 48.5 Å². The van der Waals surface area contributed by atoms with Gasteiger partial charge in [0, 0.05) is 37.9 Å². The van der Waals surface area contributed by atoms with Crippen molar-refractivity contribution in [3.8, 4) is 5.75 Å². The van der Waals surface area contributed by atoms with Gasteiger partial charge in [0.2, 0.25) is 5.91 Å². The van der Waals surface area contributed by atoms with Crippen molar-refractivity contribution >= 4 is 12.0 Å². The Morgan fingerprint density at radius 2 is 1.91 bits per heavy atom. The van der Waals surface area contributed by atoms with Gasteiger partial charge in [0.1, 0.15) is 12.4 Å². The minimum absolute atomic E-state index is 0.0392. The molecule has 1 amide bonds. The standard InChI is InChI=1S/C28H31N3O2/c1-22-5-4-6-24(19-22)20-31-17-14-25(15-18-31)30-28(32)13-10-23-8-11-27(12-9-23)33-21-26-7-2-3-16-29-26/h2-13,16,19,25H,14-15,17-18,20-21H2,1H3,(H,30,32)/b13-10+. The van der Waals surface area contributed by atoms with Crippen molar-refractivity contribution in [2.75, 3.05) is 13.1 Å². The Morgan fingerprint density at radius 3 is 2.64 bits per heavy atom. The van der Waals surface area contributed by atoms with E-state index in [1.165, 1.54) is 11.1 Å². The van der Waals surface area contributed by atoms with Gasteiger partial charge in [-0.2, -0.15) is 0 Å². The second-order valence-electron chi connectivity index (χ2n) is 8.56. The van der Waals surface area contributed by atoms with Crippen LogP contribution in [0.2, 0.25) is 0 Å². The van der Waals surface area contributed by atoms with Crippen LogP contribution in [0.5, 0.6) is 5.75 Å². The highest BCUT2D eigenvalue weighted by Crippen LogP contribution is 2.16. The summed E-state index contributed by atoms with van der Waals surface area (Å²) in [4.78, 5) is 19.1. The SMILES string of the molecule is Cc1cccc(CN2CCC(NC(=O)/C=C/c3ccc(OCc4ccccn4)cc3)CC2)c1. The largest absolute Gasteiger partial charge is 0.487 e. The molecule has 1 aromatic heterocycles. The van der Waals surface area contributed by atoms with Gasteiger partial charge in [-0.25, -0.2) is 0 Å². The summed E-state index contributed by atoms with van der Waals surface area (Å²) >= 11 is 0. The number of pyridine rings is 1. The maximum Gasteiger partial charge on any atom is 0.244 e. The van der Waals surface area contributed by atoms with Gasteiger partial charge in [0.05, 0.1) is 5.69 Å². The molecule has 0 bridgehead atoms. The van der Waals surface area contributed by atoms with Crippen LogP contribution in [-0.4, -0.2) is 34.9 Å². The van der Waals surface area contributed by atoms with Gasteiger partial charge in [-0.3, -0.25) is 14.7 Å². The molecule has 0 atom stereocenters. The highest BCUT2D eigenvalue weighted by atomic mass is 16.5. The fourth-order valence-electron chi connectivity index (χ4n) is 4.04. The van der Waals surface area contributed by atoms with Crippen molar-refractivity contribution in [2.45, 2.75) is 39.0 Å². The molecule has 0 saturated carbocycles. The van der Waals surface area contributed by atoms with E-state index in [0.29, 0.717) is 6.61 Å². The molecular weight excluding hydrogens is 410 g/mol. The van der Waals surface area contributed by atoms with Gasteiger partial charge in [0.25, 0.3) is 0 Å². The van der Waals surface area contributed by atoms with E-state index < -0.39 is 0 Å². The van der Waals surface area contributed by atoms with E-state index in [2.05, 4.69) is 46.4 Å². The van der Waals surface area contributed by atoms with E-state index >= 15 is 0 Å². The number of aryl methyl sites for hydroxylation is 1. The molecular formula is C28H31N3O2. The Hall–Kier alpha value is -3.44. The number of nitrogens with one attached hydrogen (secondary N) is 1. The number of ether oxygens (including phenoxy) is 1. The first-order valence-electron chi connectivity index (χ1n) is 11.5. The summed E-state index contributed by atoms with van der Waals surface area (Å²) in [6.07, 6.45) is 7.17. The highest BCUT2D eigenvalue weighted by molar-refractivity contribution is 5.91. The summed E-state index contributed by atoms with van der Waals surface area (Å²) in [6.45, 7) is 5.54. The van der Waals surface area contributed by atoms with Crippen molar-refractivity contribution in [3.63, 3.8) is 0 Å². The Kier molecular flexibility index (Phi) is 7.88. The van der Waals surface area contributed by atoms with Crippen LogP contribution >= 0.6 is 0 Å². The zero-order valence-corrected chi connectivity index (χ0v) is 19.1. The summed E-state index contributed by atoms with van der Waals surface area (Å²) in [5.41, 5.74) is 4.50. The third-order valence-electron chi connectivity index (χ3n) is 5.84. The van der Waals surface area contributed by atoms with Gasteiger partial charge in [0.15, 0.2) is 0 Å². The van der Waals surface area contributed by atoms with Gasteiger partial charge in [-0.05, 0) is 61.2 Å². The number of benzene rings is 2. The summed E-state index contributed by atoms with van der Waals surface area (Å²) in [5, 5.41) is 3.15. The lowest BCUT2D eigenvalue weighted by Gasteiger charge is -2.32.